The number of phenols is 1. The summed E-state index contributed by atoms with van der Waals surface area (Å²) in [6, 6.07) is 1.39. The summed E-state index contributed by atoms with van der Waals surface area (Å²) in [5.74, 6) is 1.23. The third-order valence-corrected chi connectivity index (χ3v) is 5.33. The minimum absolute atomic E-state index is 0.0916. The summed E-state index contributed by atoms with van der Waals surface area (Å²) in [5, 5.41) is 10.8. The zero-order valence-corrected chi connectivity index (χ0v) is 16.5. The summed E-state index contributed by atoms with van der Waals surface area (Å²) in [6.45, 7) is 7.80. The van der Waals surface area contributed by atoms with Crippen LogP contribution in [0.5, 0.6) is 5.75 Å². The van der Waals surface area contributed by atoms with E-state index in [4.69, 9.17) is 23.2 Å². The van der Waals surface area contributed by atoms with Crippen LogP contribution in [0.1, 0.15) is 25.6 Å². The molecule has 1 atom stereocenters. The van der Waals surface area contributed by atoms with Crippen molar-refractivity contribution >= 4 is 34.1 Å². The third-order valence-electron chi connectivity index (χ3n) is 4.74. The van der Waals surface area contributed by atoms with Crippen molar-refractivity contribution in [1.29, 1.82) is 0 Å². The summed E-state index contributed by atoms with van der Waals surface area (Å²) >= 11 is 12.3. The number of aromatic nitrogens is 2. The van der Waals surface area contributed by atoms with Gasteiger partial charge in [-0.2, -0.15) is 0 Å². The lowest BCUT2D eigenvalue weighted by atomic mass is 10.1. The summed E-state index contributed by atoms with van der Waals surface area (Å²) in [7, 11) is 1.97. The van der Waals surface area contributed by atoms with Gasteiger partial charge in [0.05, 0.1) is 22.0 Å². The Labute approximate surface area is 162 Å². The molecular formula is C19H23Cl2N3O2. The van der Waals surface area contributed by atoms with Crippen LogP contribution < -0.4 is 5.56 Å². The molecule has 1 saturated carbocycles. The van der Waals surface area contributed by atoms with E-state index in [0.717, 1.165) is 19.4 Å². The first-order chi connectivity index (χ1) is 12.3. The molecule has 1 aliphatic carbocycles. The van der Waals surface area contributed by atoms with E-state index in [-0.39, 0.29) is 32.3 Å². The van der Waals surface area contributed by atoms with Crippen molar-refractivity contribution in [2.45, 2.75) is 32.9 Å². The van der Waals surface area contributed by atoms with Gasteiger partial charge >= 0.3 is 0 Å². The van der Waals surface area contributed by atoms with E-state index in [0.29, 0.717) is 30.7 Å². The predicted octanol–water partition coefficient (Wildman–Crippen LogP) is 4.07. The molecule has 7 heteroatoms. The van der Waals surface area contributed by atoms with Gasteiger partial charge in [0.2, 0.25) is 0 Å². The summed E-state index contributed by atoms with van der Waals surface area (Å²) in [6.07, 6.45) is 4.13. The van der Waals surface area contributed by atoms with Crippen molar-refractivity contribution in [1.82, 2.24) is 14.5 Å². The van der Waals surface area contributed by atoms with E-state index in [1.54, 1.807) is 4.57 Å². The van der Waals surface area contributed by atoms with Gasteiger partial charge in [0.25, 0.3) is 5.56 Å². The topological polar surface area (TPSA) is 58.4 Å². The molecular weight excluding hydrogens is 373 g/mol. The average Bonchev–Trinajstić information content (AvgIpc) is 3.39. The maximum Gasteiger partial charge on any atom is 0.263 e. The standard InChI is InChI=1S/C19H23Cl2N3O2/c1-4-11(2)8-23(3)10-15-22-17-16(13(20)7-14(21)18(17)25)19(26)24(15)9-12-5-6-12/h4,7,11-12,25H,1,5-6,8-10H2,2-3H3. The van der Waals surface area contributed by atoms with E-state index in [1.807, 2.05) is 13.1 Å². The molecule has 0 aliphatic heterocycles. The van der Waals surface area contributed by atoms with Crippen LogP contribution in [-0.2, 0) is 13.1 Å². The number of benzene rings is 1. The van der Waals surface area contributed by atoms with Crippen molar-refractivity contribution < 1.29 is 5.11 Å². The van der Waals surface area contributed by atoms with Gasteiger partial charge in [0.15, 0.2) is 5.75 Å². The highest BCUT2D eigenvalue weighted by atomic mass is 35.5. The van der Waals surface area contributed by atoms with Gasteiger partial charge in [-0.3, -0.25) is 14.3 Å². The molecule has 0 amide bonds. The molecule has 0 bridgehead atoms. The number of nitrogens with zero attached hydrogens (tertiary/aromatic N) is 3. The minimum atomic E-state index is -0.223. The van der Waals surface area contributed by atoms with Crippen LogP contribution in [0.3, 0.4) is 0 Å². The number of fused-ring (bicyclic) bond motifs is 1. The number of phenolic OH excluding ortho intramolecular Hbond substituents is 1. The first-order valence-corrected chi connectivity index (χ1v) is 9.48. The Morgan fingerprint density at radius 2 is 2.15 bits per heavy atom. The Balaban J connectivity index is 2.11. The van der Waals surface area contributed by atoms with Gasteiger partial charge in [0, 0.05) is 13.1 Å². The van der Waals surface area contributed by atoms with Gasteiger partial charge in [-0.1, -0.05) is 36.2 Å². The molecule has 140 valence electrons. The number of hydrogen-bond donors (Lipinski definition) is 1. The van der Waals surface area contributed by atoms with Gasteiger partial charge in [0.1, 0.15) is 11.3 Å². The third kappa shape index (κ3) is 3.90. The molecule has 1 heterocycles. The number of rotatable bonds is 7. The van der Waals surface area contributed by atoms with Crippen molar-refractivity contribution in [3.63, 3.8) is 0 Å². The molecule has 2 aromatic rings. The molecule has 1 N–H and O–H groups in total. The molecule has 1 unspecified atom stereocenters. The smallest absolute Gasteiger partial charge is 0.263 e. The number of hydrogen-bond acceptors (Lipinski definition) is 4. The van der Waals surface area contributed by atoms with Crippen LogP contribution in [0.25, 0.3) is 10.9 Å². The van der Waals surface area contributed by atoms with Crippen LogP contribution in [0.15, 0.2) is 23.5 Å². The van der Waals surface area contributed by atoms with E-state index in [9.17, 15) is 9.90 Å². The Morgan fingerprint density at radius 1 is 1.46 bits per heavy atom. The Morgan fingerprint density at radius 3 is 2.77 bits per heavy atom. The maximum absolute atomic E-state index is 13.1. The Bertz CT molecular complexity index is 906. The first kappa shape index (κ1) is 19.2. The normalized spacial score (nSPS) is 15.6. The van der Waals surface area contributed by atoms with Crippen molar-refractivity contribution in [3.05, 3.63) is 44.9 Å². The SMILES string of the molecule is C=CC(C)CN(C)Cc1nc2c(O)c(Cl)cc(Cl)c2c(=O)n1CC1CC1. The first-order valence-electron chi connectivity index (χ1n) is 8.73. The highest BCUT2D eigenvalue weighted by Crippen LogP contribution is 2.35. The van der Waals surface area contributed by atoms with E-state index in [2.05, 4.69) is 23.4 Å². The van der Waals surface area contributed by atoms with Gasteiger partial charge in [-0.25, -0.2) is 4.98 Å². The van der Waals surface area contributed by atoms with E-state index < -0.39 is 0 Å². The monoisotopic (exact) mass is 395 g/mol. The lowest BCUT2D eigenvalue weighted by Crippen LogP contribution is -2.31. The fraction of sp³-hybridized carbons (Fsp3) is 0.474. The molecule has 0 radical (unpaired) electrons. The van der Waals surface area contributed by atoms with Crippen molar-refractivity contribution in [2.24, 2.45) is 11.8 Å². The fourth-order valence-electron chi connectivity index (χ4n) is 3.09. The molecule has 1 aliphatic rings. The van der Waals surface area contributed by atoms with Crippen molar-refractivity contribution in [2.75, 3.05) is 13.6 Å². The van der Waals surface area contributed by atoms with Gasteiger partial charge < -0.3 is 5.11 Å². The lowest BCUT2D eigenvalue weighted by molar-refractivity contribution is 0.286. The highest BCUT2D eigenvalue weighted by molar-refractivity contribution is 6.39. The van der Waals surface area contributed by atoms with Crippen LogP contribution in [0.2, 0.25) is 10.0 Å². The predicted molar refractivity (Wildman–Crippen MR) is 106 cm³/mol. The molecule has 5 nitrogen and oxygen atoms in total. The summed E-state index contributed by atoms with van der Waals surface area (Å²) in [4.78, 5) is 19.8. The zero-order valence-electron chi connectivity index (χ0n) is 15.0. The molecule has 1 aromatic heterocycles. The molecule has 0 saturated heterocycles. The largest absolute Gasteiger partial charge is 0.504 e. The average molecular weight is 396 g/mol. The number of aromatic hydroxyl groups is 1. The quantitative estimate of drug-likeness (QED) is 0.717. The summed E-state index contributed by atoms with van der Waals surface area (Å²) in [5.41, 5.74) is -0.0567. The molecule has 26 heavy (non-hydrogen) atoms. The fourth-order valence-corrected chi connectivity index (χ4v) is 3.62. The summed E-state index contributed by atoms with van der Waals surface area (Å²) < 4.78 is 1.70. The van der Waals surface area contributed by atoms with Crippen LogP contribution >= 0.6 is 23.2 Å². The molecule has 3 rings (SSSR count). The minimum Gasteiger partial charge on any atom is -0.504 e. The second-order valence-electron chi connectivity index (χ2n) is 7.21. The Kier molecular flexibility index (Phi) is 5.61. The lowest BCUT2D eigenvalue weighted by Gasteiger charge is -2.22. The highest BCUT2D eigenvalue weighted by Gasteiger charge is 2.26. The molecule has 0 spiro atoms. The molecule has 1 aromatic carbocycles. The van der Waals surface area contributed by atoms with E-state index >= 15 is 0 Å². The maximum atomic E-state index is 13.1. The zero-order chi connectivity index (χ0) is 19.0. The van der Waals surface area contributed by atoms with Crippen LogP contribution in [0.4, 0.5) is 0 Å². The van der Waals surface area contributed by atoms with E-state index in [1.165, 1.54) is 6.07 Å². The second kappa shape index (κ2) is 7.59. The second-order valence-corrected chi connectivity index (χ2v) is 8.02. The van der Waals surface area contributed by atoms with Crippen molar-refractivity contribution in [3.8, 4) is 5.75 Å². The van der Waals surface area contributed by atoms with Gasteiger partial charge in [-0.05, 0) is 37.8 Å². The van der Waals surface area contributed by atoms with Crippen LogP contribution in [-0.4, -0.2) is 33.1 Å². The number of halogens is 2. The molecule has 1 fully saturated rings. The van der Waals surface area contributed by atoms with Gasteiger partial charge in [-0.15, -0.1) is 6.58 Å². The Hall–Kier alpha value is -1.56. The van der Waals surface area contributed by atoms with Crippen LogP contribution in [0, 0.1) is 11.8 Å².